The normalized spacial score (nSPS) is 15.7. The van der Waals surface area contributed by atoms with Gasteiger partial charge in [0.25, 0.3) is 0 Å². The van der Waals surface area contributed by atoms with Gasteiger partial charge in [0.1, 0.15) is 0 Å². The first kappa shape index (κ1) is 17.9. The second-order valence-electron chi connectivity index (χ2n) is 6.59. The maximum atomic E-state index is 6.02. The Morgan fingerprint density at radius 3 is 1.61 bits per heavy atom. The van der Waals surface area contributed by atoms with Crippen LogP contribution < -0.4 is 5.73 Å². The molecule has 0 spiro atoms. The highest BCUT2D eigenvalue weighted by molar-refractivity contribution is 4.78. The van der Waals surface area contributed by atoms with Crippen molar-refractivity contribution >= 4 is 0 Å². The zero-order valence-corrected chi connectivity index (χ0v) is 13.6. The molecule has 0 aromatic rings. The molecule has 2 nitrogen and oxygen atoms in total. The van der Waals surface area contributed by atoms with Crippen LogP contribution in [0.15, 0.2) is 0 Å². The summed E-state index contributed by atoms with van der Waals surface area (Å²) in [6.45, 7) is 17.1. The molecule has 0 fully saturated rings. The first-order chi connectivity index (χ1) is 8.42. The fourth-order valence-corrected chi connectivity index (χ4v) is 2.30. The van der Waals surface area contributed by atoms with E-state index in [0.717, 1.165) is 18.4 Å². The van der Waals surface area contributed by atoms with Gasteiger partial charge in [0.2, 0.25) is 0 Å². The number of hydrogen-bond donors (Lipinski definition) is 1. The maximum Gasteiger partial charge on any atom is 0.0243 e. The largest absolute Gasteiger partial charge is 0.329 e. The molecule has 0 aromatic heterocycles. The predicted octanol–water partition coefficient (Wildman–Crippen LogP) is 3.75. The van der Waals surface area contributed by atoms with E-state index in [1.54, 1.807) is 0 Å². The summed E-state index contributed by atoms with van der Waals surface area (Å²) in [6.07, 6.45) is 3.79. The molecule has 0 aliphatic heterocycles. The summed E-state index contributed by atoms with van der Waals surface area (Å²) in [7, 11) is 0. The summed E-state index contributed by atoms with van der Waals surface area (Å²) in [5.41, 5.74) is 6.02. The van der Waals surface area contributed by atoms with E-state index in [2.05, 4.69) is 46.4 Å². The summed E-state index contributed by atoms with van der Waals surface area (Å²) in [6, 6.07) is 0.562. The monoisotopic (exact) mass is 256 g/mol. The van der Waals surface area contributed by atoms with Crippen LogP contribution in [0.3, 0.4) is 0 Å². The fraction of sp³-hybridized carbons (Fsp3) is 1.00. The third-order valence-electron chi connectivity index (χ3n) is 4.00. The van der Waals surface area contributed by atoms with Crippen LogP contribution in [-0.2, 0) is 0 Å². The summed E-state index contributed by atoms with van der Waals surface area (Å²) in [4.78, 5) is 2.65. The van der Waals surface area contributed by atoms with Gasteiger partial charge in [-0.05, 0) is 43.7 Å². The van der Waals surface area contributed by atoms with Gasteiger partial charge in [0, 0.05) is 12.6 Å². The van der Waals surface area contributed by atoms with Crippen LogP contribution in [-0.4, -0.2) is 30.6 Å². The summed E-state index contributed by atoms with van der Waals surface area (Å²) < 4.78 is 0. The average molecular weight is 256 g/mol. The zero-order chi connectivity index (χ0) is 14.1. The lowest BCUT2D eigenvalue weighted by Crippen LogP contribution is -2.46. The Morgan fingerprint density at radius 2 is 1.33 bits per heavy atom. The van der Waals surface area contributed by atoms with E-state index in [0.29, 0.717) is 12.0 Å². The molecular weight excluding hydrogens is 220 g/mol. The molecule has 2 N–H and O–H groups in total. The predicted molar refractivity (Wildman–Crippen MR) is 82.8 cm³/mol. The van der Waals surface area contributed by atoms with E-state index < -0.39 is 0 Å². The van der Waals surface area contributed by atoms with Crippen LogP contribution in [0.2, 0.25) is 0 Å². The van der Waals surface area contributed by atoms with Gasteiger partial charge in [0.15, 0.2) is 0 Å². The van der Waals surface area contributed by atoms with Gasteiger partial charge in [-0.3, -0.25) is 4.90 Å². The lowest BCUT2D eigenvalue weighted by atomic mass is 9.96. The van der Waals surface area contributed by atoms with Crippen molar-refractivity contribution in [3.8, 4) is 0 Å². The van der Waals surface area contributed by atoms with E-state index >= 15 is 0 Å². The van der Waals surface area contributed by atoms with Crippen molar-refractivity contribution < 1.29 is 0 Å². The number of hydrogen-bond acceptors (Lipinski definition) is 2. The molecule has 0 bridgehead atoms. The fourth-order valence-electron chi connectivity index (χ4n) is 2.30. The van der Waals surface area contributed by atoms with Gasteiger partial charge >= 0.3 is 0 Å². The Kier molecular flexibility index (Phi) is 9.76. The van der Waals surface area contributed by atoms with Crippen LogP contribution in [0.1, 0.15) is 60.8 Å². The van der Waals surface area contributed by atoms with Crippen molar-refractivity contribution in [2.75, 3.05) is 19.6 Å². The maximum absolute atomic E-state index is 6.02. The van der Waals surface area contributed by atoms with Crippen molar-refractivity contribution in [1.29, 1.82) is 0 Å². The van der Waals surface area contributed by atoms with E-state index in [9.17, 15) is 0 Å². The van der Waals surface area contributed by atoms with Crippen LogP contribution in [0.5, 0.6) is 0 Å². The lowest BCUT2D eigenvalue weighted by molar-refractivity contribution is 0.136. The minimum absolute atomic E-state index is 0.562. The number of rotatable bonds is 10. The van der Waals surface area contributed by atoms with E-state index in [1.165, 1.54) is 32.4 Å². The van der Waals surface area contributed by atoms with Crippen LogP contribution in [0, 0.1) is 17.8 Å². The van der Waals surface area contributed by atoms with E-state index in [-0.39, 0.29) is 0 Å². The van der Waals surface area contributed by atoms with Crippen LogP contribution in [0.4, 0.5) is 0 Å². The van der Waals surface area contributed by atoms with Gasteiger partial charge in [-0.25, -0.2) is 0 Å². The molecule has 2 unspecified atom stereocenters. The minimum Gasteiger partial charge on any atom is -0.329 e. The van der Waals surface area contributed by atoms with Gasteiger partial charge in [-0.1, -0.05) is 48.0 Å². The molecule has 2 heteroatoms. The highest BCUT2D eigenvalue weighted by Gasteiger charge is 2.22. The molecule has 2 atom stereocenters. The average Bonchev–Trinajstić information content (AvgIpc) is 2.31. The smallest absolute Gasteiger partial charge is 0.0243 e. The molecule has 0 saturated carbocycles. The molecule has 110 valence electrons. The molecule has 0 aromatic carbocycles. The SMILES string of the molecule is CCC(C)C(CN)N(CCC(C)C)CCC(C)C. The van der Waals surface area contributed by atoms with Crippen molar-refractivity contribution in [2.45, 2.75) is 66.8 Å². The summed E-state index contributed by atoms with van der Waals surface area (Å²) in [5.74, 6) is 2.26. The summed E-state index contributed by atoms with van der Waals surface area (Å²) in [5, 5.41) is 0. The standard InChI is InChI=1S/C16H36N2/c1-7-15(6)16(12-17)18(10-8-13(2)3)11-9-14(4)5/h13-16H,7-12,17H2,1-6H3. The highest BCUT2D eigenvalue weighted by atomic mass is 15.2. The third kappa shape index (κ3) is 7.38. The Labute approximate surface area is 115 Å². The second-order valence-corrected chi connectivity index (χ2v) is 6.59. The summed E-state index contributed by atoms with van der Waals surface area (Å²) >= 11 is 0. The quantitative estimate of drug-likeness (QED) is 0.645. The Bertz CT molecular complexity index is 178. The van der Waals surface area contributed by atoms with Crippen molar-refractivity contribution in [3.05, 3.63) is 0 Å². The molecule has 0 aliphatic carbocycles. The Morgan fingerprint density at radius 1 is 0.889 bits per heavy atom. The zero-order valence-electron chi connectivity index (χ0n) is 13.6. The van der Waals surface area contributed by atoms with Crippen molar-refractivity contribution in [1.82, 2.24) is 4.90 Å². The number of nitrogens with zero attached hydrogens (tertiary/aromatic N) is 1. The van der Waals surface area contributed by atoms with Crippen molar-refractivity contribution in [3.63, 3.8) is 0 Å². The Hall–Kier alpha value is -0.0800. The van der Waals surface area contributed by atoms with Gasteiger partial charge in [-0.15, -0.1) is 0 Å². The molecule has 0 aliphatic rings. The highest BCUT2D eigenvalue weighted by Crippen LogP contribution is 2.17. The minimum atomic E-state index is 0.562. The molecule has 0 rings (SSSR count). The molecule has 0 amide bonds. The first-order valence-electron chi connectivity index (χ1n) is 7.86. The first-order valence-corrected chi connectivity index (χ1v) is 7.86. The molecular formula is C16H36N2. The Balaban J connectivity index is 4.48. The van der Waals surface area contributed by atoms with E-state index in [4.69, 9.17) is 5.73 Å². The van der Waals surface area contributed by atoms with Crippen molar-refractivity contribution in [2.24, 2.45) is 23.5 Å². The topological polar surface area (TPSA) is 29.3 Å². The van der Waals surface area contributed by atoms with E-state index in [1.807, 2.05) is 0 Å². The van der Waals surface area contributed by atoms with Crippen LogP contribution >= 0.6 is 0 Å². The van der Waals surface area contributed by atoms with Gasteiger partial charge in [-0.2, -0.15) is 0 Å². The van der Waals surface area contributed by atoms with Gasteiger partial charge < -0.3 is 5.73 Å². The molecule has 0 heterocycles. The molecule has 0 radical (unpaired) electrons. The number of nitrogens with two attached hydrogens (primary N) is 1. The van der Waals surface area contributed by atoms with Crippen LogP contribution in [0.25, 0.3) is 0 Å². The third-order valence-corrected chi connectivity index (χ3v) is 4.00. The molecule has 18 heavy (non-hydrogen) atoms. The molecule has 0 saturated heterocycles. The lowest BCUT2D eigenvalue weighted by Gasteiger charge is -2.35. The second kappa shape index (κ2) is 9.80. The van der Waals surface area contributed by atoms with Gasteiger partial charge in [0.05, 0.1) is 0 Å².